The number of hydrogen-bond acceptors (Lipinski definition) is 6. The van der Waals surface area contributed by atoms with Crippen molar-refractivity contribution < 1.29 is 8.42 Å². The van der Waals surface area contributed by atoms with Crippen molar-refractivity contribution in [1.82, 2.24) is 9.97 Å². The van der Waals surface area contributed by atoms with Crippen LogP contribution in [0.15, 0.2) is 40.5 Å². The van der Waals surface area contributed by atoms with Crippen LogP contribution in [0.5, 0.6) is 0 Å². The topological polar surface area (TPSA) is 72.0 Å². The highest BCUT2D eigenvalue weighted by atomic mass is 32.2. The first-order valence-electron chi connectivity index (χ1n) is 5.85. The average Bonchev–Trinajstić information content (AvgIpc) is 2.41. The van der Waals surface area contributed by atoms with Crippen LogP contribution in [0.1, 0.15) is 5.56 Å². The number of sulfone groups is 1. The third kappa shape index (κ3) is 3.49. The van der Waals surface area contributed by atoms with Crippen molar-refractivity contribution in [2.75, 3.05) is 17.8 Å². The molecular formula is C13H15N3O2S2. The number of nitrogens with zero attached hydrogens (tertiary/aromatic N) is 2. The van der Waals surface area contributed by atoms with Gasteiger partial charge < -0.3 is 5.32 Å². The highest BCUT2D eigenvalue weighted by Gasteiger charge is 2.07. The van der Waals surface area contributed by atoms with Crippen LogP contribution >= 0.6 is 11.8 Å². The molecule has 0 atom stereocenters. The molecule has 0 aliphatic rings. The van der Waals surface area contributed by atoms with Crippen LogP contribution in [0, 0.1) is 6.92 Å². The second-order valence-electron chi connectivity index (χ2n) is 4.31. The van der Waals surface area contributed by atoms with Crippen molar-refractivity contribution in [2.24, 2.45) is 0 Å². The number of nitrogens with one attached hydrogen (secondary N) is 1. The van der Waals surface area contributed by atoms with E-state index in [4.69, 9.17) is 0 Å². The Morgan fingerprint density at radius 1 is 1.20 bits per heavy atom. The summed E-state index contributed by atoms with van der Waals surface area (Å²) in [6.07, 6.45) is 4.86. The molecule has 0 saturated carbocycles. The van der Waals surface area contributed by atoms with Crippen LogP contribution < -0.4 is 5.32 Å². The maximum atomic E-state index is 11.4. The molecule has 0 bridgehead atoms. The van der Waals surface area contributed by atoms with Crippen molar-refractivity contribution in [2.45, 2.75) is 17.0 Å². The van der Waals surface area contributed by atoms with Gasteiger partial charge in [-0.3, -0.25) is 0 Å². The van der Waals surface area contributed by atoms with E-state index in [-0.39, 0.29) is 0 Å². The zero-order valence-electron chi connectivity index (χ0n) is 11.4. The lowest BCUT2D eigenvalue weighted by Gasteiger charge is -2.09. The van der Waals surface area contributed by atoms with Gasteiger partial charge in [0, 0.05) is 23.7 Å². The van der Waals surface area contributed by atoms with E-state index >= 15 is 0 Å². The number of hydrogen-bond donors (Lipinski definition) is 1. The minimum Gasteiger partial charge on any atom is -0.340 e. The van der Waals surface area contributed by atoms with Gasteiger partial charge in [-0.15, -0.1) is 0 Å². The predicted octanol–water partition coefficient (Wildman–Crippen LogP) is 2.65. The highest BCUT2D eigenvalue weighted by molar-refractivity contribution is 7.98. The number of thioether (sulfide) groups is 1. The molecule has 2 rings (SSSR count). The molecule has 0 aliphatic carbocycles. The van der Waals surface area contributed by atoms with Gasteiger partial charge in [-0.25, -0.2) is 18.4 Å². The molecule has 0 spiro atoms. The van der Waals surface area contributed by atoms with E-state index in [1.54, 1.807) is 30.5 Å². The number of aromatic nitrogens is 2. The number of anilines is 2. The Labute approximate surface area is 122 Å². The van der Waals surface area contributed by atoms with E-state index in [9.17, 15) is 8.42 Å². The molecule has 2 aromatic rings. The van der Waals surface area contributed by atoms with Gasteiger partial charge in [-0.1, -0.05) is 11.8 Å². The van der Waals surface area contributed by atoms with E-state index < -0.39 is 9.84 Å². The van der Waals surface area contributed by atoms with Gasteiger partial charge in [0.1, 0.15) is 5.82 Å². The molecule has 5 nitrogen and oxygen atoms in total. The minimum absolute atomic E-state index is 0.298. The zero-order valence-corrected chi connectivity index (χ0v) is 13.0. The second-order valence-corrected chi connectivity index (χ2v) is 7.10. The van der Waals surface area contributed by atoms with Crippen LogP contribution in [0.3, 0.4) is 0 Å². The molecule has 1 aromatic heterocycles. The van der Waals surface area contributed by atoms with Gasteiger partial charge in [0.05, 0.1) is 4.90 Å². The summed E-state index contributed by atoms with van der Waals surface area (Å²) in [5.74, 6) is 0.719. The molecule has 0 saturated heterocycles. The molecule has 106 valence electrons. The van der Waals surface area contributed by atoms with Crippen LogP contribution in [0.4, 0.5) is 11.5 Å². The Balaban J connectivity index is 2.26. The van der Waals surface area contributed by atoms with Crippen molar-refractivity contribution in [3.05, 3.63) is 36.0 Å². The summed E-state index contributed by atoms with van der Waals surface area (Å²) < 4.78 is 22.8. The predicted molar refractivity (Wildman–Crippen MR) is 81.4 cm³/mol. The summed E-state index contributed by atoms with van der Waals surface area (Å²) in [7, 11) is -3.17. The lowest BCUT2D eigenvalue weighted by Crippen LogP contribution is -2.00. The van der Waals surface area contributed by atoms with Gasteiger partial charge in [-0.2, -0.15) is 0 Å². The number of rotatable bonds is 4. The van der Waals surface area contributed by atoms with Gasteiger partial charge >= 0.3 is 0 Å². The van der Waals surface area contributed by atoms with E-state index in [0.29, 0.717) is 10.1 Å². The average molecular weight is 309 g/mol. The van der Waals surface area contributed by atoms with E-state index in [1.165, 1.54) is 18.0 Å². The quantitative estimate of drug-likeness (QED) is 0.691. The normalized spacial score (nSPS) is 11.3. The SMILES string of the molecule is CSc1ncc(C)c(Nc2ccc(S(C)(=O)=O)cc2)n1. The van der Waals surface area contributed by atoms with E-state index in [2.05, 4.69) is 15.3 Å². The Hall–Kier alpha value is -1.60. The first kappa shape index (κ1) is 14.8. The van der Waals surface area contributed by atoms with Crippen molar-refractivity contribution in [3.63, 3.8) is 0 Å². The summed E-state index contributed by atoms with van der Waals surface area (Å²) in [4.78, 5) is 8.86. The van der Waals surface area contributed by atoms with Crippen LogP contribution in [-0.2, 0) is 9.84 Å². The van der Waals surface area contributed by atoms with E-state index in [1.807, 2.05) is 13.2 Å². The molecule has 0 unspecified atom stereocenters. The molecule has 1 N–H and O–H groups in total. The number of benzene rings is 1. The van der Waals surface area contributed by atoms with Crippen LogP contribution in [-0.4, -0.2) is 30.9 Å². The largest absolute Gasteiger partial charge is 0.340 e. The Kier molecular flexibility index (Phi) is 4.29. The maximum absolute atomic E-state index is 11.4. The number of aryl methyl sites for hydroxylation is 1. The first-order valence-corrected chi connectivity index (χ1v) is 8.96. The summed E-state index contributed by atoms with van der Waals surface area (Å²) in [6, 6.07) is 6.58. The summed E-state index contributed by atoms with van der Waals surface area (Å²) >= 11 is 1.47. The molecule has 20 heavy (non-hydrogen) atoms. The molecule has 0 amide bonds. The highest BCUT2D eigenvalue weighted by Crippen LogP contribution is 2.21. The third-order valence-corrected chi connectivity index (χ3v) is 4.37. The van der Waals surface area contributed by atoms with Crippen molar-refractivity contribution >= 4 is 33.1 Å². The maximum Gasteiger partial charge on any atom is 0.189 e. The Morgan fingerprint density at radius 3 is 2.40 bits per heavy atom. The van der Waals surface area contributed by atoms with Crippen molar-refractivity contribution in [1.29, 1.82) is 0 Å². The van der Waals surface area contributed by atoms with Gasteiger partial charge in [0.15, 0.2) is 15.0 Å². The monoisotopic (exact) mass is 309 g/mol. The molecule has 7 heteroatoms. The van der Waals surface area contributed by atoms with Gasteiger partial charge in [-0.05, 0) is 37.4 Å². The lowest BCUT2D eigenvalue weighted by atomic mass is 10.3. The molecule has 0 aliphatic heterocycles. The zero-order chi connectivity index (χ0) is 14.8. The molecule has 1 aromatic carbocycles. The van der Waals surface area contributed by atoms with Crippen LogP contribution in [0.25, 0.3) is 0 Å². The molecule has 1 heterocycles. The van der Waals surface area contributed by atoms with Gasteiger partial charge in [0.25, 0.3) is 0 Å². The van der Waals surface area contributed by atoms with Crippen molar-refractivity contribution in [3.8, 4) is 0 Å². The van der Waals surface area contributed by atoms with Gasteiger partial charge in [0.2, 0.25) is 0 Å². The summed E-state index contributed by atoms with van der Waals surface area (Å²) in [6.45, 7) is 1.91. The Morgan fingerprint density at radius 2 is 1.85 bits per heavy atom. The standard InChI is InChI=1S/C13H15N3O2S2/c1-9-8-14-13(19-2)16-12(9)15-10-4-6-11(7-5-10)20(3,17)18/h4-8H,1-3H3,(H,14,15,16). The molecular weight excluding hydrogens is 294 g/mol. The fraction of sp³-hybridized carbons (Fsp3) is 0.231. The fourth-order valence-corrected chi connectivity index (χ4v) is 2.54. The second kappa shape index (κ2) is 5.80. The smallest absolute Gasteiger partial charge is 0.189 e. The Bertz CT molecular complexity index is 713. The first-order chi connectivity index (χ1) is 9.40. The minimum atomic E-state index is -3.17. The lowest BCUT2D eigenvalue weighted by molar-refractivity contribution is 0.602. The van der Waals surface area contributed by atoms with Crippen LogP contribution in [0.2, 0.25) is 0 Å². The summed E-state index contributed by atoms with van der Waals surface area (Å²) in [5.41, 5.74) is 1.71. The fourth-order valence-electron chi connectivity index (χ4n) is 1.57. The van der Waals surface area contributed by atoms with E-state index in [0.717, 1.165) is 17.1 Å². The molecule has 0 radical (unpaired) electrons. The molecule has 0 fully saturated rings. The summed E-state index contributed by atoms with van der Waals surface area (Å²) in [5, 5.41) is 3.85. The third-order valence-electron chi connectivity index (χ3n) is 2.68.